The van der Waals surface area contributed by atoms with Crippen molar-refractivity contribution >= 4 is 17.6 Å². The van der Waals surface area contributed by atoms with Gasteiger partial charge in [-0.25, -0.2) is 0 Å². The zero-order valence-corrected chi connectivity index (χ0v) is 15.3. The van der Waals surface area contributed by atoms with Gasteiger partial charge in [-0.15, -0.1) is 5.10 Å². The number of benzene rings is 2. The zero-order chi connectivity index (χ0) is 20.1. The number of hydrogen-bond acceptors (Lipinski definition) is 6. The Kier molecular flexibility index (Phi) is 5.93. The molecule has 0 unspecified atom stereocenters. The van der Waals surface area contributed by atoms with E-state index in [0.717, 1.165) is 5.56 Å². The largest absolute Gasteiger partial charge is 0.497 e. The van der Waals surface area contributed by atoms with Gasteiger partial charge in [-0.3, -0.25) is 0 Å². The first-order chi connectivity index (χ1) is 13.4. The van der Waals surface area contributed by atoms with Crippen LogP contribution in [-0.2, 0) is 19.3 Å². The van der Waals surface area contributed by atoms with Crippen LogP contribution in [0.5, 0.6) is 11.5 Å². The van der Waals surface area contributed by atoms with E-state index in [-0.39, 0.29) is 19.2 Å². The van der Waals surface area contributed by atoms with Crippen molar-refractivity contribution in [2.24, 2.45) is 0 Å². The molecular weight excluding hydrogens is 399 g/mol. The van der Waals surface area contributed by atoms with Crippen LogP contribution >= 0.6 is 11.6 Å². The number of anilines is 1. The SMILES string of the molecule is COc1cccc(COc2cccc(Cl)c2CNc2nnc(C(F)(F)F)o2)c1. The first-order valence-corrected chi connectivity index (χ1v) is 8.42. The van der Waals surface area contributed by atoms with E-state index in [1.54, 1.807) is 25.3 Å². The van der Waals surface area contributed by atoms with E-state index in [0.29, 0.717) is 22.1 Å². The van der Waals surface area contributed by atoms with Crippen molar-refractivity contribution < 1.29 is 27.1 Å². The maximum Gasteiger partial charge on any atom is 0.470 e. The van der Waals surface area contributed by atoms with E-state index >= 15 is 0 Å². The Hall–Kier alpha value is -2.94. The quantitative estimate of drug-likeness (QED) is 0.591. The standard InChI is InChI=1S/C18H15ClF3N3O3/c1-26-12-5-2-4-11(8-12)10-27-15-7-3-6-14(19)13(15)9-23-17-25-24-16(28-17)18(20,21)22/h2-8H,9-10H2,1H3,(H,23,25). The van der Waals surface area contributed by atoms with Crippen LogP contribution in [0.3, 0.4) is 0 Å². The lowest BCUT2D eigenvalue weighted by Gasteiger charge is -2.13. The van der Waals surface area contributed by atoms with Gasteiger partial charge in [0.05, 0.1) is 7.11 Å². The number of rotatable bonds is 7. The lowest BCUT2D eigenvalue weighted by atomic mass is 10.2. The van der Waals surface area contributed by atoms with Crippen LogP contribution in [0.2, 0.25) is 5.02 Å². The Morgan fingerprint density at radius 3 is 2.64 bits per heavy atom. The Balaban J connectivity index is 1.70. The van der Waals surface area contributed by atoms with Crippen LogP contribution < -0.4 is 14.8 Å². The van der Waals surface area contributed by atoms with Gasteiger partial charge in [0.1, 0.15) is 18.1 Å². The van der Waals surface area contributed by atoms with Gasteiger partial charge in [0.2, 0.25) is 0 Å². The fraction of sp³-hybridized carbons (Fsp3) is 0.222. The maximum absolute atomic E-state index is 12.5. The van der Waals surface area contributed by atoms with E-state index < -0.39 is 12.1 Å². The highest BCUT2D eigenvalue weighted by atomic mass is 35.5. The molecule has 2 aromatic carbocycles. The van der Waals surface area contributed by atoms with E-state index in [1.807, 2.05) is 24.3 Å². The normalized spacial score (nSPS) is 11.3. The average Bonchev–Trinajstić information content (AvgIpc) is 3.15. The second-order valence-corrected chi connectivity index (χ2v) is 6.03. The minimum Gasteiger partial charge on any atom is -0.497 e. The van der Waals surface area contributed by atoms with Gasteiger partial charge in [0.15, 0.2) is 0 Å². The number of halogens is 4. The van der Waals surface area contributed by atoms with Crippen molar-refractivity contribution in [3.63, 3.8) is 0 Å². The summed E-state index contributed by atoms with van der Waals surface area (Å²) in [4.78, 5) is 0. The highest BCUT2D eigenvalue weighted by molar-refractivity contribution is 6.31. The minimum absolute atomic E-state index is 0.0343. The number of nitrogens with zero attached hydrogens (tertiary/aromatic N) is 2. The van der Waals surface area contributed by atoms with Gasteiger partial charge in [0, 0.05) is 17.1 Å². The van der Waals surface area contributed by atoms with Gasteiger partial charge in [-0.05, 0) is 29.8 Å². The smallest absolute Gasteiger partial charge is 0.470 e. The predicted molar refractivity (Wildman–Crippen MR) is 95.4 cm³/mol. The topological polar surface area (TPSA) is 69.4 Å². The summed E-state index contributed by atoms with van der Waals surface area (Å²) in [7, 11) is 1.57. The molecule has 6 nitrogen and oxygen atoms in total. The third-order valence-electron chi connectivity index (χ3n) is 3.69. The molecule has 0 amide bonds. The average molecular weight is 414 g/mol. The van der Waals surface area contributed by atoms with Crippen LogP contribution in [0.15, 0.2) is 46.9 Å². The Bertz CT molecular complexity index is 947. The molecular formula is C18H15ClF3N3O3. The van der Waals surface area contributed by atoms with E-state index in [4.69, 9.17) is 21.1 Å². The van der Waals surface area contributed by atoms with Crippen molar-refractivity contribution in [3.8, 4) is 11.5 Å². The van der Waals surface area contributed by atoms with Gasteiger partial charge in [0.25, 0.3) is 0 Å². The summed E-state index contributed by atoms with van der Waals surface area (Å²) < 4.78 is 53.1. The molecule has 28 heavy (non-hydrogen) atoms. The van der Waals surface area contributed by atoms with Gasteiger partial charge < -0.3 is 19.2 Å². The van der Waals surface area contributed by atoms with Gasteiger partial charge in [-0.2, -0.15) is 13.2 Å². The van der Waals surface area contributed by atoms with Crippen molar-refractivity contribution in [1.82, 2.24) is 10.2 Å². The molecule has 0 atom stereocenters. The van der Waals surface area contributed by atoms with Crippen molar-refractivity contribution in [2.75, 3.05) is 12.4 Å². The number of nitrogens with one attached hydrogen (secondary N) is 1. The molecule has 0 bridgehead atoms. The molecule has 0 fully saturated rings. The minimum atomic E-state index is -4.71. The Morgan fingerprint density at radius 1 is 1.14 bits per heavy atom. The molecule has 0 radical (unpaired) electrons. The third kappa shape index (κ3) is 4.86. The molecule has 0 saturated heterocycles. The highest BCUT2D eigenvalue weighted by Gasteiger charge is 2.38. The van der Waals surface area contributed by atoms with Crippen LogP contribution in [0.4, 0.5) is 19.2 Å². The second kappa shape index (κ2) is 8.39. The summed E-state index contributed by atoms with van der Waals surface area (Å²) in [6, 6.07) is 12.1. The number of methoxy groups -OCH3 is 1. The molecule has 148 valence electrons. The molecule has 3 rings (SSSR count). The van der Waals surface area contributed by atoms with E-state index in [1.165, 1.54) is 0 Å². The van der Waals surface area contributed by atoms with Gasteiger partial charge >= 0.3 is 18.1 Å². The monoisotopic (exact) mass is 413 g/mol. The maximum atomic E-state index is 12.5. The summed E-state index contributed by atoms with van der Waals surface area (Å²) in [6.07, 6.45) is -4.71. The van der Waals surface area contributed by atoms with Crippen molar-refractivity contribution in [3.05, 3.63) is 64.5 Å². The zero-order valence-electron chi connectivity index (χ0n) is 14.6. The summed E-state index contributed by atoms with van der Waals surface area (Å²) in [6.45, 7) is 0.288. The number of aromatic nitrogens is 2. The molecule has 3 aromatic rings. The number of ether oxygens (including phenoxy) is 2. The molecule has 0 aliphatic carbocycles. The first-order valence-electron chi connectivity index (χ1n) is 8.04. The highest BCUT2D eigenvalue weighted by Crippen LogP contribution is 2.30. The summed E-state index contributed by atoms with van der Waals surface area (Å²) in [5.41, 5.74) is 1.42. The Morgan fingerprint density at radius 2 is 1.93 bits per heavy atom. The molecule has 0 saturated carbocycles. The molecule has 1 N–H and O–H groups in total. The summed E-state index contributed by atoms with van der Waals surface area (Å²) in [5, 5.41) is 9.29. The predicted octanol–water partition coefficient (Wildman–Crippen LogP) is 4.94. The van der Waals surface area contributed by atoms with Crippen LogP contribution in [0, 0.1) is 0 Å². The van der Waals surface area contributed by atoms with Gasteiger partial charge in [-0.1, -0.05) is 34.9 Å². The Labute approximate surface area is 163 Å². The van der Waals surface area contributed by atoms with Crippen LogP contribution in [0.1, 0.15) is 17.0 Å². The first kappa shape index (κ1) is 19.8. The molecule has 0 aliphatic heterocycles. The van der Waals surface area contributed by atoms with Crippen molar-refractivity contribution in [1.29, 1.82) is 0 Å². The fourth-order valence-electron chi connectivity index (χ4n) is 2.34. The molecule has 10 heteroatoms. The van der Waals surface area contributed by atoms with Crippen LogP contribution in [0.25, 0.3) is 0 Å². The third-order valence-corrected chi connectivity index (χ3v) is 4.04. The summed E-state index contributed by atoms with van der Waals surface area (Å²) >= 11 is 6.22. The van der Waals surface area contributed by atoms with E-state index in [9.17, 15) is 13.2 Å². The molecule has 0 spiro atoms. The second-order valence-electron chi connectivity index (χ2n) is 5.62. The number of hydrogen-bond donors (Lipinski definition) is 1. The van der Waals surface area contributed by atoms with Crippen LogP contribution in [-0.4, -0.2) is 17.3 Å². The van der Waals surface area contributed by atoms with E-state index in [2.05, 4.69) is 19.9 Å². The lowest BCUT2D eigenvalue weighted by molar-refractivity contribution is -0.156. The lowest BCUT2D eigenvalue weighted by Crippen LogP contribution is -2.05. The number of alkyl halides is 3. The summed E-state index contributed by atoms with van der Waals surface area (Å²) in [5.74, 6) is -0.256. The fourth-order valence-corrected chi connectivity index (χ4v) is 2.57. The van der Waals surface area contributed by atoms with Crippen molar-refractivity contribution in [2.45, 2.75) is 19.3 Å². The molecule has 0 aliphatic rings. The molecule has 1 heterocycles. The molecule has 1 aromatic heterocycles.